The van der Waals surface area contributed by atoms with Crippen LogP contribution in [0.4, 0.5) is 0 Å². The Bertz CT molecular complexity index is 727. The summed E-state index contributed by atoms with van der Waals surface area (Å²) in [6.07, 6.45) is 1.80. The first-order valence-corrected chi connectivity index (χ1v) is 8.36. The Morgan fingerprint density at radius 3 is 2.77 bits per heavy atom. The third-order valence-corrected chi connectivity index (χ3v) is 5.07. The predicted molar refractivity (Wildman–Crippen MR) is 90.0 cm³/mol. The summed E-state index contributed by atoms with van der Waals surface area (Å²) in [5, 5.41) is 0. The molecule has 1 radical (unpaired) electrons. The van der Waals surface area contributed by atoms with Crippen molar-refractivity contribution >= 4 is 21.6 Å². The average Bonchev–Trinajstić information content (AvgIpc) is 3.00. The topological polar surface area (TPSA) is 25.4 Å². The van der Waals surface area contributed by atoms with Crippen molar-refractivity contribution in [1.82, 2.24) is 9.88 Å². The maximum absolute atomic E-state index is 5.39. The van der Waals surface area contributed by atoms with Gasteiger partial charge < -0.3 is 4.74 Å². The smallest absolute Gasteiger partial charge is 0.0822 e. The fourth-order valence-electron chi connectivity index (χ4n) is 2.75. The fraction of sp³-hybridized carbons (Fsp3) is 0.278. The first-order chi connectivity index (χ1) is 10.9. The van der Waals surface area contributed by atoms with E-state index in [-0.39, 0.29) is 0 Å². The number of morpholine rings is 1. The third-order valence-electron chi connectivity index (χ3n) is 3.96. The van der Waals surface area contributed by atoms with E-state index in [0.29, 0.717) is 0 Å². The molecule has 4 heteroatoms. The molecule has 3 aromatic rings. The van der Waals surface area contributed by atoms with E-state index in [1.807, 2.05) is 6.07 Å². The lowest BCUT2D eigenvalue weighted by atomic mass is 10.1. The lowest BCUT2D eigenvalue weighted by Crippen LogP contribution is -2.35. The summed E-state index contributed by atoms with van der Waals surface area (Å²) in [6.45, 7) is 4.76. The van der Waals surface area contributed by atoms with Gasteiger partial charge in [0.15, 0.2) is 0 Å². The molecule has 0 N–H and O–H groups in total. The van der Waals surface area contributed by atoms with Gasteiger partial charge in [0.05, 0.1) is 23.4 Å². The van der Waals surface area contributed by atoms with Gasteiger partial charge >= 0.3 is 0 Å². The van der Waals surface area contributed by atoms with Gasteiger partial charge in [-0.1, -0.05) is 24.3 Å². The molecule has 1 saturated heterocycles. The Morgan fingerprint density at radius 2 is 2.00 bits per heavy atom. The molecule has 111 valence electrons. The van der Waals surface area contributed by atoms with Crippen LogP contribution in [0.3, 0.4) is 0 Å². The highest BCUT2D eigenvalue weighted by molar-refractivity contribution is 7.22. The quantitative estimate of drug-likeness (QED) is 0.739. The SMILES string of the molecule is [c]1ccnc2cc(-c3ccc(CN4CCOCC4)cc3)sc12. The zero-order valence-electron chi connectivity index (χ0n) is 12.3. The summed E-state index contributed by atoms with van der Waals surface area (Å²) in [4.78, 5) is 8.08. The molecule has 0 unspecified atom stereocenters. The molecule has 1 aromatic carbocycles. The van der Waals surface area contributed by atoms with Gasteiger partial charge in [-0.3, -0.25) is 9.88 Å². The highest BCUT2D eigenvalue weighted by Gasteiger charge is 2.11. The molecule has 22 heavy (non-hydrogen) atoms. The molecule has 0 amide bonds. The van der Waals surface area contributed by atoms with Crippen LogP contribution in [0.5, 0.6) is 0 Å². The fourth-order valence-corrected chi connectivity index (χ4v) is 3.73. The number of ether oxygens (including phenoxy) is 1. The Balaban J connectivity index is 1.53. The number of pyridine rings is 1. The predicted octanol–water partition coefficient (Wildman–Crippen LogP) is 3.60. The lowest BCUT2D eigenvalue weighted by Gasteiger charge is -2.26. The van der Waals surface area contributed by atoms with Crippen molar-refractivity contribution in [1.29, 1.82) is 0 Å². The van der Waals surface area contributed by atoms with Gasteiger partial charge in [-0.15, -0.1) is 11.3 Å². The monoisotopic (exact) mass is 309 g/mol. The Kier molecular flexibility index (Phi) is 3.89. The molecule has 2 aromatic heterocycles. The zero-order chi connectivity index (χ0) is 14.8. The van der Waals surface area contributed by atoms with Crippen LogP contribution in [0.25, 0.3) is 20.7 Å². The summed E-state index contributed by atoms with van der Waals surface area (Å²) in [6, 6.07) is 16.1. The summed E-state index contributed by atoms with van der Waals surface area (Å²) >= 11 is 1.75. The minimum absolute atomic E-state index is 0.851. The number of thiophene rings is 1. The highest BCUT2D eigenvalue weighted by Crippen LogP contribution is 2.32. The van der Waals surface area contributed by atoms with Crippen molar-refractivity contribution < 1.29 is 4.74 Å². The number of benzene rings is 1. The molecule has 1 aliphatic heterocycles. The first kappa shape index (κ1) is 13.9. The molecule has 1 aliphatic rings. The van der Waals surface area contributed by atoms with Crippen LogP contribution in [-0.2, 0) is 11.3 Å². The average molecular weight is 309 g/mol. The van der Waals surface area contributed by atoms with E-state index in [4.69, 9.17) is 4.74 Å². The van der Waals surface area contributed by atoms with Gasteiger partial charge in [0.25, 0.3) is 0 Å². The van der Waals surface area contributed by atoms with Crippen LogP contribution < -0.4 is 0 Å². The van der Waals surface area contributed by atoms with E-state index in [9.17, 15) is 0 Å². The van der Waals surface area contributed by atoms with Crippen molar-refractivity contribution in [2.75, 3.05) is 26.3 Å². The third kappa shape index (κ3) is 2.90. The van der Waals surface area contributed by atoms with Crippen LogP contribution in [0.1, 0.15) is 5.56 Å². The number of hydrogen-bond acceptors (Lipinski definition) is 4. The second-order valence-corrected chi connectivity index (χ2v) is 6.55. The molecule has 0 saturated carbocycles. The van der Waals surface area contributed by atoms with Crippen LogP contribution in [0.15, 0.2) is 42.6 Å². The van der Waals surface area contributed by atoms with E-state index < -0.39 is 0 Å². The van der Waals surface area contributed by atoms with Crippen molar-refractivity contribution in [3.05, 3.63) is 54.2 Å². The number of hydrogen-bond donors (Lipinski definition) is 0. The van der Waals surface area contributed by atoms with Crippen LogP contribution >= 0.6 is 11.3 Å². The Morgan fingerprint density at radius 1 is 1.18 bits per heavy atom. The van der Waals surface area contributed by atoms with E-state index in [2.05, 4.69) is 46.3 Å². The Hall–Kier alpha value is -1.75. The lowest BCUT2D eigenvalue weighted by molar-refractivity contribution is 0.0342. The molecule has 3 nitrogen and oxygen atoms in total. The van der Waals surface area contributed by atoms with Crippen molar-refractivity contribution in [2.24, 2.45) is 0 Å². The first-order valence-electron chi connectivity index (χ1n) is 7.54. The van der Waals surface area contributed by atoms with Crippen molar-refractivity contribution in [3.8, 4) is 10.4 Å². The molecule has 0 spiro atoms. The van der Waals surface area contributed by atoms with Gasteiger partial charge in [0.1, 0.15) is 0 Å². The van der Waals surface area contributed by atoms with E-state index >= 15 is 0 Å². The molecular formula is C18H17N2OS. The summed E-state index contributed by atoms with van der Waals surface area (Å²) in [7, 11) is 0. The van der Waals surface area contributed by atoms with E-state index in [1.54, 1.807) is 17.5 Å². The van der Waals surface area contributed by atoms with Crippen LogP contribution in [-0.4, -0.2) is 36.2 Å². The number of fused-ring (bicyclic) bond motifs is 1. The minimum Gasteiger partial charge on any atom is -0.379 e. The highest BCUT2D eigenvalue weighted by atomic mass is 32.1. The van der Waals surface area contributed by atoms with Crippen molar-refractivity contribution in [3.63, 3.8) is 0 Å². The molecule has 4 rings (SSSR count). The van der Waals surface area contributed by atoms with Gasteiger partial charge in [0, 0.05) is 36.8 Å². The molecule has 0 aliphatic carbocycles. The summed E-state index contributed by atoms with van der Waals surface area (Å²) in [5.41, 5.74) is 3.64. The van der Waals surface area contributed by atoms with Crippen molar-refractivity contribution in [2.45, 2.75) is 6.54 Å². The molecule has 0 atom stereocenters. The molecule has 0 bridgehead atoms. The normalized spacial score (nSPS) is 16.2. The standard InChI is InChI=1S/C18H17N2OS/c1-2-17-16(19-7-1)12-18(22-17)15-5-3-14(4-6-15)13-20-8-10-21-11-9-20/h1,3-7,12H,8-11,13H2. The largest absolute Gasteiger partial charge is 0.379 e. The summed E-state index contributed by atoms with van der Waals surface area (Å²) in [5.74, 6) is 0. The maximum atomic E-state index is 5.39. The van der Waals surface area contributed by atoms with Gasteiger partial charge in [-0.05, 0) is 23.3 Å². The number of rotatable bonds is 3. The van der Waals surface area contributed by atoms with Crippen LogP contribution in [0, 0.1) is 6.07 Å². The molecular weight excluding hydrogens is 292 g/mol. The van der Waals surface area contributed by atoms with Crippen LogP contribution in [0.2, 0.25) is 0 Å². The number of nitrogens with zero attached hydrogens (tertiary/aromatic N) is 2. The number of aromatic nitrogens is 1. The van der Waals surface area contributed by atoms with E-state index in [1.165, 1.54) is 16.0 Å². The molecule has 1 fully saturated rings. The minimum atomic E-state index is 0.851. The maximum Gasteiger partial charge on any atom is 0.0822 e. The second-order valence-electron chi connectivity index (χ2n) is 5.50. The zero-order valence-corrected chi connectivity index (χ0v) is 13.1. The van der Waals surface area contributed by atoms with Gasteiger partial charge in [0.2, 0.25) is 0 Å². The van der Waals surface area contributed by atoms with E-state index in [0.717, 1.165) is 43.1 Å². The summed E-state index contributed by atoms with van der Waals surface area (Å²) < 4.78 is 6.51. The van der Waals surface area contributed by atoms with Gasteiger partial charge in [-0.2, -0.15) is 0 Å². The molecule has 3 heterocycles. The Labute approximate surface area is 134 Å². The van der Waals surface area contributed by atoms with Gasteiger partial charge in [-0.25, -0.2) is 0 Å². The second kappa shape index (κ2) is 6.16.